The van der Waals surface area contributed by atoms with E-state index in [0.717, 1.165) is 0 Å². The maximum absolute atomic E-state index is 11.9. The predicted octanol–water partition coefficient (Wildman–Crippen LogP) is 3.98. The van der Waals surface area contributed by atoms with E-state index in [0.29, 0.717) is 22.1 Å². The van der Waals surface area contributed by atoms with E-state index in [1.807, 2.05) is 0 Å². The minimum absolute atomic E-state index is 0.0816. The van der Waals surface area contributed by atoms with E-state index in [2.05, 4.69) is 10.5 Å². The number of hydrogen-bond acceptors (Lipinski definition) is 6. The summed E-state index contributed by atoms with van der Waals surface area (Å²) in [6, 6.07) is 13.2. The number of benzene rings is 2. The van der Waals surface area contributed by atoms with Gasteiger partial charge in [-0.25, -0.2) is 5.43 Å². The number of amides is 1. The number of nitro benzene ring substituents is 1. The highest BCUT2D eigenvalue weighted by atomic mass is 35.5. The van der Waals surface area contributed by atoms with Crippen LogP contribution in [0.5, 0.6) is 5.75 Å². The first-order valence-corrected chi connectivity index (χ1v) is 7.99. The highest BCUT2D eigenvalue weighted by molar-refractivity contribution is 6.33. The summed E-state index contributed by atoms with van der Waals surface area (Å²) in [6.07, 6.45) is 1.26. The number of nitro groups is 1. The van der Waals surface area contributed by atoms with Crippen LogP contribution in [0.3, 0.4) is 0 Å². The van der Waals surface area contributed by atoms with Gasteiger partial charge in [-0.2, -0.15) is 5.10 Å². The Morgan fingerprint density at radius 1 is 1.22 bits per heavy atom. The Morgan fingerprint density at radius 2 is 2.00 bits per heavy atom. The van der Waals surface area contributed by atoms with Crippen molar-refractivity contribution in [2.45, 2.75) is 0 Å². The molecule has 0 spiro atoms. The Morgan fingerprint density at radius 3 is 2.74 bits per heavy atom. The van der Waals surface area contributed by atoms with Gasteiger partial charge in [0.1, 0.15) is 17.3 Å². The molecule has 0 unspecified atom stereocenters. The molecule has 3 aromatic rings. The van der Waals surface area contributed by atoms with E-state index in [4.69, 9.17) is 16.0 Å². The zero-order valence-corrected chi connectivity index (χ0v) is 14.4. The average molecular weight is 386 g/mol. The smallest absolute Gasteiger partial charge is 0.275 e. The lowest BCUT2D eigenvalue weighted by molar-refractivity contribution is -0.384. The summed E-state index contributed by atoms with van der Waals surface area (Å²) in [6.45, 7) is 0. The number of halogens is 1. The van der Waals surface area contributed by atoms with Crippen LogP contribution in [0.4, 0.5) is 5.69 Å². The molecule has 9 heteroatoms. The number of para-hydroxylation sites is 1. The number of aromatic hydroxyl groups is 1. The number of carbonyl (C=O) groups excluding carboxylic acids is 1. The van der Waals surface area contributed by atoms with Gasteiger partial charge in [-0.1, -0.05) is 23.7 Å². The summed E-state index contributed by atoms with van der Waals surface area (Å²) in [5.74, 6) is -0.133. The fraction of sp³-hybridized carbons (Fsp3) is 0. The number of phenolic OH excluding ortho intramolecular Hbond substituents is 1. The molecule has 0 aliphatic rings. The lowest BCUT2D eigenvalue weighted by Gasteiger charge is -2.01. The molecule has 0 bridgehead atoms. The number of carbonyl (C=O) groups is 1. The molecule has 0 fully saturated rings. The monoisotopic (exact) mass is 385 g/mol. The van der Waals surface area contributed by atoms with Gasteiger partial charge in [0, 0.05) is 17.7 Å². The summed E-state index contributed by atoms with van der Waals surface area (Å²) in [4.78, 5) is 22.3. The van der Waals surface area contributed by atoms with Gasteiger partial charge in [0.2, 0.25) is 0 Å². The Hall–Kier alpha value is -3.65. The number of nitrogens with one attached hydrogen (secondary N) is 1. The minimum atomic E-state index is -0.585. The standard InChI is InChI=1S/C18H12ClN3O5/c19-15-7-5-11(22(25)26)9-14(15)17-8-6-12(27-17)10-20-21-18(24)13-3-1-2-4-16(13)23/h1-10,23H,(H,21,24)/b20-10-. The SMILES string of the molecule is O=C(N/N=C\c1ccc(-c2cc([N+](=O)[O-])ccc2Cl)o1)c1ccccc1O. The third-order valence-electron chi connectivity index (χ3n) is 3.56. The van der Waals surface area contributed by atoms with Crippen LogP contribution >= 0.6 is 11.6 Å². The average Bonchev–Trinajstić information content (AvgIpc) is 3.10. The first-order chi connectivity index (χ1) is 13.0. The molecule has 0 saturated carbocycles. The zero-order chi connectivity index (χ0) is 19.4. The molecule has 0 aliphatic heterocycles. The van der Waals surface area contributed by atoms with Crippen molar-refractivity contribution >= 4 is 29.4 Å². The maximum Gasteiger partial charge on any atom is 0.275 e. The summed E-state index contributed by atoms with van der Waals surface area (Å²) in [5.41, 5.74) is 2.60. The number of rotatable bonds is 5. The van der Waals surface area contributed by atoms with Crippen molar-refractivity contribution in [2.75, 3.05) is 0 Å². The molecule has 27 heavy (non-hydrogen) atoms. The molecule has 1 aromatic heterocycles. The van der Waals surface area contributed by atoms with Crippen LogP contribution in [0, 0.1) is 10.1 Å². The van der Waals surface area contributed by atoms with Crippen molar-refractivity contribution in [3.8, 4) is 17.1 Å². The molecule has 8 nitrogen and oxygen atoms in total. The Bertz CT molecular complexity index is 1040. The number of phenols is 1. The fourth-order valence-corrected chi connectivity index (χ4v) is 2.47. The molecule has 1 heterocycles. The molecular weight excluding hydrogens is 374 g/mol. The van der Waals surface area contributed by atoms with E-state index in [1.54, 1.807) is 24.3 Å². The topological polar surface area (TPSA) is 118 Å². The molecule has 1 amide bonds. The summed E-state index contributed by atoms with van der Waals surface area (Å²) < 4.78 is 5.54. The molecule has 3 rings (SSSR count). The number of nitrogens with zero attached hydrogens (tertiary/aromatic N) is 2. The first kappa shape index (κ1) is 18.2. The van der Waals surface area contributed by atoms with Crippen LogP contribution in [0.2, 0.25) is 5.02 Å². The van der Waals surface area contributed by atoms with Crippen LogP contribution in [0.25, 0.3) is 11.3 Å². The van der Waals surface area contributed by atoms with Gasteiger partial charge in [0.25, 0.3) is 11.6 Å². The van der Waals surface area contributed by atoms with Crippen molar-refractivity contribution in [1.82, 2.24) is 5.43 Å². The van der Waals surface area contributed by atoms with Crippen molar-refractivity contribution in [3.05, 3.63) is 81.1 Å². The summed E-state index contributed by atoms with van der Waals surface area (Å²) in [7, 11) is 0. The third kappa shape index (κ3) is 4.13. The zero-order valence-electron chi connectivity index (χ0n) is 13.6. The predicted molar refractivity (Wildman–Crippen MR) is 99.0 cm³/mol. The van der Waals surface area contributed by atoms with Gasteiger partial charge in [-0.3, -0.25) is 14.9 Å². The van der Waals surface area contributed by atoms with Crippen LogP contribution in [-0.4, -0.2) is 22.2 Å². The van der Waals surface area contributed by atoms with Crippen molar-refractivity contribution < 1.29 is 19.2 Å². The van der Waals surface area contributed by atoms with Crippen molar-refractivity contribution in [2.24, 2.45) is 5.10 Å². The van der Waals surface area contributed by atoms with E-state index in [9.17, 15) is 20.0 Å². The fourth-order valence-electron chi connectivity index (χ4n) is 2.26. The molecule has 2 aromatic carbocycles. The van der Waals surface area contributed by atoms with Crippen LogP contribution in [0.1, 0.15) is 16.1 Å². The maximum atomic E-state index is 11.9. The number of non-ortho nitro benzene ring substituents is 1. The van der Waals surface area contributed by atoms with E-state index in [-0.39, 0.29) is 17.0 Å². The van der Waals surface area contributed by atoms with Crippen LogP contribution in [0.15, 0.2) is 64.1 Å². The van der Waals surface area contributed by atoms with E-state index >= 15 is 0 Å². The second-order valence-electron chi connectivity index (χ2n) is 5.34. The second kappa shape index (κ2) is 7.71. The lowest BCUT2D eigenvalue weighted by atomic mass is 10.1. The van der Waals surface area contributed by atoms with Gasteiger partial charge >= 0.3 is 0 Å². The van der Waals surface area contributed by atoms with Crippen molar-refractivity contribution in [3.63, 3.8) is 0 Å². The van der Waals surface area contributed by atoms with Gasteiger partial charge < -0.3 is 9.52 Å². The van der Waals surface area contributed by atoms with Crippen LogP contribution in [-0.2, 0) is 0 Å². The number of hydrazone groups is 1. The second-order valence-corrected chi connectivity index (χ2v) is 5.75. The third-order valence-corrected chi connectivity index (χ3v) is 3.89. The number of hydrogen-bond donors (Lipinski definition) is 2. The van der Waals surface area contributed by atoms with Gasteiger partial charge in [0.15, 0.2) is 0 Å². The highest BCUT2D eigenvalue weighted by Gasteiger charge is 2.14. The molecule has 0 radical (unpaired) electrons. The van der Waals surface area contributed by atoms with Gasteiger partial charge in [-0.05, 0) is 30.3 Å². The lowest BCUT2D eigenvalue weighted by Crippen LogP contribution is -2.17. The summed E-state index contributed by atoms with van der Waals surface area (Å²) in [5, 5.41) is 24.6. The largest absolute Gasteiger partial charge is 0.507 e. The molecule has 0 atom stereocenters. The highest BCUT2D eigenvalue weighted by Crippen LogP contribution is 2.32. The Balaban J connectivity index is 1.74. The first-order valence-electron chi connectivity index (χ1n) is 7.61. The normalized spacial score (nSPS) is 10.9. The molecule has 2 N–H and O–H groups in total. The number of furan rings is 1. The van der Waals surface area contributed by atoms with E-state index in [1.165, 1.54) is 36.5 Å². The minimum Gasteiger partial charge on any atom is -0.507 e. The van der Waals surface area contributed by atoms with E-state index < -0.39 is 10.8 Å². The quantitative estimate of drug-likeness (QED) is 0.391. The Labute approximate surface area is 157 Å². The molecule has 136 valence electrons. The molecule has 0 saturated heterocycles. The van der Waals surface area contributed by atoms with Gasteiger partial charge in [0.05, 0.1) is 21.7 Å². The molecular formula is C18H12ClN3O5. The Kier molecular flexibility index (Phi) is 5.18. The molecule has 0 aliphatic carbocycles. The summed E-state index contributed by atoms with van der Waals surface area (Å²) >= 11 is 6.08. The van der Waals surface area contributed by atoms with Gasteiger partial charge in [-0.15, -0.1) is 0 Å². The van der Waals surface area contributed by atoms with Crippen molar-refractivity contribution in [1.29, 1.82) is 0 Å². The van der Waals surface area contributed by atoms with Crippen LogP contribution < -0.4 is 5.43 Å².